The fraction of sp³-hybridized carbons (Fsp3) is 0.500. The summed E-state index contributed by atoms with van der Waals surface area (Å²) in [4.78, 5) is 5.70. The molecule has 0 aliphatic carbocycles. The molecule has 0 radical (unpaired) electrons. The van der Waals surface area contributed by atoms with Gasteiger partial charge in [-0.25, -0.2) is 9.37 Å². The van der Waals surface area contributed by atoms with Crippen molar-refractivity contribution >= 4 is 17.4 Å². The number of hydrogen-bond donors (Lipinski definition) is 1. The van der Waals surface area contributed by atoms with Gasteiger partial charge in [-0.15, -0.1) is 0 Å². The molecule has 1 saturated heterocycles. The van der Waals surface area contributed by atoms with Crippen molar-refractivity contribution < 1.29 is 14.2 Å². The molecule has 0 amide bonds. The zero-order valence-corrected chi connectivity index (χ0v) is 9.32. The molecule has 4 nitrogen and oxygen atoms in total. The zero-order chi connectivity index (χ0) is 11.5. The molecule has 0 bridgehead atoms. The van der Waals surface area contributed by atoms with E-state index in [1.54, 1.807) is 4.90 Å². The van der Waals surface area contributed by atoms with Crippen LogP contribution in [-0.2, 0) is 4.74 Å². The van der Waals surface area contributed by atoms with Gasteiger partial charge >= 0.3 is 0 Å². The Kier molecular flexibility index (Phi) is 3.58. The minimum atomic E-state index is -0.453. The van der Waals surface area contributed by atoms with Gasteiger partial charge in [0.2, 0.25) is 0 Å². The Morgan fingerprint density at radius 2 is 2.50 bits per heavy atom. The van der Waals surface area contributed by atoms with Crippen LogP contribution in [-0.4, -0.2) is 42.5 Å². The number of aliphatic hydroxyl groups excluding tert-OH is 1. The van der Waals surface area contributed by atoms with Gasteiger partial charge in [0.25, 0.3) is 0 Å². The van der Waals surface area contributed by atoms with Gasteiger partial charge < -0.3 is 14.7 Å². The van der Waals surface area contributed by atoms with Gasteiger partial charge in [0.1, 0.15) is 0 Å². The highest BCUT2D eigenvalue weighted by molar-refractivity contribution is 6.30. The fourth-order valence-corrected chi connectivity index (χ4v) is 1.81. The summed E-state index contributed by atoms with van der Waals surface area (Å²) in [6.45, 7) is 1.37. The first kappa shape index (κ1) is 11.6. The Bertz CT molecular complexity index is 378. The molecule has 2 heterocycles. The maximum absolute atomic E-state index is 13.6. The van der Waals surface area contributed by atoms with E-state index < -0.39 is 5.82 Å². The van der Waals surface area contributed by atoms with Crippen LogP contribution < -0.4 is 4.90 Å². The summed E-state index contributed by atoms with van der Waals surface area (Å²) < 4.78 is 18.8. The number of morpholine rings is 1. The van der Waals surface area contributed by atoms with Gasteiger partial charge in [0.05, 0.1) is 24.3 Å². The second-order valence-electron chi connectivity index (χ2n) is 3.58. The van der Waals surface area contributed by atoms with Crippen LogP contribution in [0, 0.1) is 5.82 Å². The lowest BCUT2D eigenvalue weighted by Crippen LogP contribution is -2.44. The Morgan fingerprint density at radius 1 is 1.69 bits per heavy atom. The maximum atomic E-state index is 13.6. The number of aliphatic hydroxyl groups is 1. The van der Waals surface area contributed by atoms with Crippen molar-refractivity contribution in [1.82, 2.24) is 4.98 Å². The van der Waals surface area contributed by atoms with Gasteiger partial charge in [0.15, 0.2) is 11.6 Å². The van der Waals surface area contributed by atoms with E-state index in [0.29, 0.717) is 19.7 Å². The molecule has 2 rings (SSSR count). The molecule has 1 aliphatic rings. The van der Waals surface area contributed by atoms with Gasteiger partial charge in [0, 0.05) is 19.3 Å². The predicted molar refractivity (Wildman–Crippen MR) is 58.2 cm³/mol. The molecular formula is C10H12ClFN2O2. The normalized spacial score (nSPS) is 21.2. The second-order valence-corrected chi connectivity index (χ2v) is 4.02. The molecule has 1 atom stereocenters. The molecule has 6 heteroatoms. The van der Waals surface area contributed by atoms with Gasteiger partial charge in [-0.3, -0.25) is 0 Å². The van der Waals surface area contributed by atoms with Gasteiger partial charge in [-0.05, 0) is 6.07 Å². The summed E-state index contributed by atoms with van der Waals surface area (Å²) in [5.74, 6) is -0.197. The largest absolute Gasteiger partial charge is 0.394 e. The molecule has 0 aromatic carbocycles. The zero-order valence-electron chi connectivity index (χ0n) is 8.57. The van der Waals surface area contributed by atoms with Crippen molar-refractivity contribution in [3.05, 3.63) is 23.1 Å². The highest BCUT2D eigenvalue weighted by Gasteiger charge is 2.22. The first-order valence-corrected chi connectivity index (χ1v) is 5.37. The van der Waals surface area contributed by atoms with E-state index in [2.05, 4.69) is 4.98 Å². The number of rotatable bonds is 2. The minimum absolute atomic E-state index is 0.0777. The summed E-state index contributed by atoms with van der Waals surface area (Å²) >= 11 is 5.63. The summed E-state index contributed by atoms with van der Waals surface area (Å²) in [7, 11) is 0. The molecule has 0 spiro atoms. The standard InChI is InChI=1S/C10H12ClFN2O2/c11-7-3-9(12)10(13-4-7)14-1-2-16-8(5-14)6-15/h3-4,8,15H,1-2,5-6H2/t8-/m0/s1. The van der Waals surface area contributed by atoms with Crippen LogP contribution in [0.25, 0.3) is 0 Å². The van der Waals surface area contributed by atoms with Crippen molar-refractivity contribution in [2.24, 2.45) is 0 Å². The van der Waals surface area contributed by atoms with Crippen LogP contribution >= 0.6 is 11.6 Å². The lowest BCUT2D eigenvalue weighted by Gasteiger charge is -2.32. The summed E-state index contributed by atoms with van der Waals surface area (Å²) in [6, 6.07) is 1.23. The Hall–Kier alpha value is -0.910. The molecular weight excluding hydrogens is 235 g/mol. The number of anilines is 1. The van der Waals surface area contributed by atoms with Crippen molar-refractivity contribution in [3.63, 3.8) is 0 Å². The average molecular weight is 247 g/mol. The Morgan fingerprint density at radius 3 is 3.19 bits per heavy atom. The van der Waals surface area contributed by atoms with E-state index in [1.165, 1.54) is 12.3 Å². The third-order valence-electron chi connectivity index (χ3n) is 2.43. The van der Waals surface area contributed by atoms with E-state index in [4.69, 9.17) is 21.4 Å². The highest BCUT2D eigenvalue weighted by atomic mass is 35.5. The van der Waals surface area contributed by atoms with Crippen LogP contribution in [0.1, 0.15) is 0 Å². The number of hydrogen-bond acceptors (Lipinski definition) is 4. The SMILES string of the molecule is OC[C@@H]1CN(c2ncc(Cl)cc2F)CCO1. The van der Waals surface area contributed by atoms with Crippen molar-refractivity contribution in [2.75, 3.05) is 31.2 Å². The van der Waals surface area contributed by atoms with E-state index >= 15 is 0 Å². The number of halogens is 2. The van der Waals surface area contributed by atoms with Crippen LogP contribution in [0.5, 0.6) is 0 Å². The number of nitrogens with zero attached hydrogens (tertiary/aromatic N) is 2. The molecule has 1 aliphatic heterocycles. The minimum Gasteiger partial charge on any atom is -0.394 e. The van der Waals surface area contributed by atoms with E-state index in [1.807, 2.05) is 0 Å². The smallest absolute Gasteiger partial charge is 0.167 e. The van der Waals surface area contributed by atoms with E-state index in [9.17, 15) is 4.39 Å². The molecule has 1 fully saturated rings. The lowest BCUT2D eigenvalue weighted by molar-refractivity contribution is 0.00319. The third kappa shape index (κ3) is 2.42. The molecule has 0 unspecified atom stereocenters. The number of aromatic nitrogens is 1. The van der Waals surface area contributed by atoms with Gasteiger partial charge in [-0.1, -0.05) is 11.6 Å². The van der Waals surface area contributed by atoms with Crippen molar-refractivity contribution in [2.45, 2.75) is 6.10 Å². The summed E-state index contributed by atoms with van der Waals surface area (Å²) in [5.41, 5.74) is 0. The molecule has 1 aromatic rings. The second kappa shape index (κ2) is 4.95. The highest BCUT2D eigenvalue weighted by Crippen LogP contribution is 2.21. The lowest BCUT2D eigenvalue weighted by atomic mass is 10.2. The molecule has 1 aromatic heterocycles. The molecule has 16 heavy (non-hydrogen) atoms. The number of ether oxygens (including phenoxy) is 1. The fourth-order valence-electron chi connectivity index (χ4n) is 1.66. The molecule has 0 saturated carbocycles. The third-order valence-corrected chi connectivity index (χ3v) is 2.64. The topological polar surface area (TPSA) is 45.6 Å². The molecule has 88 valence electrons. The van der Waals surface area contributed by atoms with Crippen molar-refractivity contribution in [1.29, 1.82) is 0 Å². The van der Waals surface area contributed by atoms with E-state index in [-0.39, 0.29) is 23.6 Å². The number of pyridine rings is 1. The van der Waals surface area contributed by atoms with Crippen molar-refractivity contribution in [3.8, 4) is 0 Å². The van der Waals surface area contributed by atoms with Gasteiger partial charge in [-0.2, -0.15) is 0 Å². The maximum Gasteiger partial charge on any atom is 0.167 e. The van der Waals surface area contributed by atoms with Crippen LogP contribution in [0.2, 0.25) is 5.02 Å². The summed E-state index contributed by atoms with van der Waals surface area (Å²) in [5, 5.41) is 9.25. The van der Waals surface area contributed by atoms with Crippen LogP contribution in [0.4, 0.5) is 10.2 Å². The first-order valence-electron chi connectivity index (χ1n) is 4.99. The summed E-state index contributed by atoms with van der Waals surface area (Å²) in [6.07, 6.45) is 1.12. The Balaban J connectivity index is 2.16. The van der Waals surface area contributed by atoms with Crippen LogP contribution in [0.3, 0.4) is 0 Å². The van der Waals surface area contributed by atoms with Crippen LogP contribution in [0.15, 0.2) is 12.3 Å². The van der Waals surface area contributed by atoms with E-state index in [0.717, 1.165) is 0 Å². The first-order chi connectivity index (χ1) is 7.70. The predicted octanol–water partition coefficient (Wildman–Crippen LogP) is 1.07. The monoisotopic (exact) mass is 246 g/mol. The quantitative estimate of drug-likeness (QED) is 0.848. The molecule has 1 N–H and O–H groups in total. The Labute approximate surface area is 97.6 Å². The average Bonchev–Trinajstić information content (AvgIpc) is 2.29.